The van der Waals surface area contributed by atoms with Gasteiger partial charge in [0.2, 0.25) is 10.1 Å². The molecule has 3 rings (SSSR count). The molecule has 3 aromatic rings. The molecule has 0 aliphatic rings. The lowest BCUT2D eigenvalue weighted by molar-refractivity contribution is -0.138. The van der Waals surface area contributed by atoms with Crippen molar-refractivity contribution in [2.75, 3.05) is 17.2 Å². The van der Waals surface area contributed by atoms with Crippen LogP contribution in [0.1, 0.15) is 11.9 Å². The third-order valence-corrected chi connectivity index (χ3v) is 4.47. The van der Waals surface area contributed by atoms with Crippen LogP contribution in [0.4, 0.5) is 28.8 Å². The van der Waals surface area contributed by atoms with E-state index in [1.807, 2.05) is 0 Å². The summed E-state index contributed by atoms with van der Waals surface area (Å²) in [5, 5.41) is 9.79. The molecule has 0 fully saturated rings. The number of hydrogen-bond donors (Lipinski definition) is 2. The highest BCUT2D eigenvalue weighted by molar-refractivity contribution is 7.15. The van der Waals surface area contributed by atoms with Crippen molar-refractivity contribution >= 4 is 39.8 Å². The van der Waals surface area contributed by atoms with E-state index >= 15 is 0 Å². The van der Waals surface area contributed by atoms with E-state index in [-0.39, 0.29) is 27.2 Å². The second-order valence-electron chi connectivity index (χ2n) is 5.23. The predicted octanol–water partition coefficient (Wildman–Crippen LogP) is 5.51. The van der Waals surface area contributed by atoms with Gasteiger partial charge < -0.3 is 14.5 Å². The second kappa shape index (κ2) is 8.07. The molecule has 0 radical (unpaired) electrons. The first-order chi connectivity index (χ1) is 13.3. The zero-order valence-electron chi connectivity index (χ0n) is 14.1. The Morgan fingerprint density at radius 2 is 2.11 bits per heavy atom. The van der Waals surface area contributed by atoms with Crippen molar-refractivity contribution in [1.29, 1.82) is 0 Å². The maximum Gasteiger partial charge on any atom is 0.445 e. The Hall–Kier alpha value is -2.79. The van der Waals surface area contributed by atoms with Crippen LogP contribution in [0.5, 0.6) is 5.75 Å². The molecule has 0 saturated heterocycles. The fourth-order valence-electron chi connectivity index (χ4n) is 2.20. The minimum atomic E-state index is -4.64. The first-order valence-electron chi connectivity index (χ1n) is 7.77. The van der Waals surface area contributed by atoms with E-state index in [1.54, 1.807) is 25.1 Å². The van der Waals surface area contributed by atoms with Crippen molar-refractivity contribution in [2.24, 2.45) is 0 Å². The number of aromatic nitrogens is 2. The van der Waals surface area contributed by atoms with Crippen LogP contribution in [0, 0.1) is 0 Å². The van der Waals surface area contributed by atoms with Gasteiger partial charge in [-0.3, -0.25) is 5.32 Å². The Balaban J connectivity index is 1.83. The third-order valence-electron chi connectivity index (χ3n) is 3.29. The van der Waals surface area contributed by atoms with Gasteiger partial charge in [-0.1, -0.05) is 22.9 Å². The van der Waals surface area contributed by atoms with Crippen LogP contribution in [0.25, 0.3) is 11.3 Å². The van der Waals surface area contributed by atoms with Crippen LogP contribution >= 0.6 is 22.9 Å². The highest BCUT2D eigenvalue weighted by Crippen LogP contribution is 2.38. The normalized spacial score (nSPS) is 11.3. The van der Waals surface area contributed by atoms with Gasteiger partial charge in [-0.05, 0) is 31.2 Å². The van der Waals surface area contributed by atoms with E-state index < -0.39 is 17.2 Å². The molecule has 0 unspecified atom stereocenters. The minimum absolute atomic E-state index is 0.209. The predicted molar refractivity (Wildman–Crippen MR) is 97.9 cm³/mol. The summed E-state index contributed by atoms with van der Waals surface area (Å²) in [6, 6.07) is 5.55. The van der Waals surface area contributed by atoms with Crippen LogP contribution in [0.3, 0.4) is 0 Å². The number of nitrogens with zero attached hydrogens (tertiary/aromatic N) is 2. The van der Waals surface area contributed by atoms with Crippen molar-refractivity contribution in [3.63, 3.8) is 0 Å². The molecule has 2 N–H and O–H groups in total. The molecular formula is C16H12ClF3N4O3S. The lowest BCUT2D eigenvalue weighted by Crippen LogP contribution is -2.19. The SMILES string of the molecule is CCOc1cc(-c2ccco2)c(NC(=O)Nc2nnc(C(F)(F)F)s2)cc1Cl. The monoisotopic (exact) mass is 432 g/mol. The van der Waals surface area contributed by atoms with Gasteiger partial charge in [0, 0.05) is 5.56 Å². The lowest BCUT2D eigenvalue weighted by atomic mass is 10.1. The number of alkyl halides is 3. The zero-order chi connectivity index (χ0) is 20.3. The number of carbonyl (C=O) groups excluding carboxylic acids is 1. The second-order valence-corrected chi connectivity index (χ2v) is 6.61. The van der Waals surface area contributed by atoms with Crippen molar-refractivity contribution in [3.8, 4) is 17.1 Å². The molecule has 2 aromatic heterocycles. The molecule has 1 aromatic carbocycles. The van der Waals surface area contributed by atoms with Crippen molar-refractivity contribution in [2.45, 2.75) is 13.1 Å². The first-order valence-corrected chi connectivity index (χ1v) is 8.96. The van der Waals surface area contributed by atoms with Gasteiger partial charge in [0.1, 0.15) is 11.5 Å². The quantitative estimate of drug-likeness (QED) is 0.554. The molecule has 28 heavy (non-hydrogen) atoms. The van der Waals surface area contributed by atoms with Gasteiger partial charge in [-0.2, -0.15) is 13.2 Å². The molecule has 0 saturated carbocycles. The zero-order valence-corrected chi connectivity index (χ0v) is 15.7. The van der Waals surface area contributed by atoms with Gasteiger partial charge >= 0.3 is 12.2 Å². The maximum atomic E-state index is 12.6. The Kier molecular flexibility index (Phi) is 5.75. The van der Waals surface area contributed by atoms with Gasteiger partial charge in [0.15, 0.2) is 0 Å². The van der Waals surface area contributed by atoms with Crippen molar-refractivity contribution in [3.05, 3.63) is 40.6 Å². The smallest absolute Gasteiger partial charge is 0.445 e. The Morgan fingerprint density at radius 1 is 1.32 bits per heavy atom. The van der Waals surface area contributed by atoms with Gasteiger partial charge in [0.05, 0.1) is 23.6 Å². The number of urea groups is 1. The van der Waals surface area contributed by atoms with Crippen molar-refractivity contribution in [1.82, 2.24) is 10.2 Å². The molecule has 0 spiro atoms. The molecule has 0 bridgehead atoms. The number of rotatable bonds is 5. The van der Waals surface area contributed by atoms with Gasteiger partial charge in [0.25, 0.3) is 0 Å². The molecule has 0 atom stereocenters. The summed E-state index contributed by atoms with van der Waals surface area (Å²) in [4.78, 5) is 12.2. The van der Waals surface area contributed by atoms with Gasteiger partial charge in [-0.25, -0.2) is 4.79 Å². The molecule has 2 heterocycles. The fraction of sp³-hybridized carbons (Fsp3) is 0.188. The lowest BCUT2D eigenvalue weighted by Gasteiger charge is -2.13. The van der Waals surface area contributed by atoms with Crippen LogP contribution < -0.4 is 15.4 Å². The number of anilines is 2. The summed E-state index contributed by atoms with van der Waals surface area (Å²) in [5.41, 5.74) is 0.739. The van der Waals surface area contributed by atoms with E-state index in [1.165, 1.54) is 12.3 Å². The summed E-state index contributed by atoms with van der Waals surface area (Å²) in [7, 11) is 0. The number of halogens is 4. The maximum absolute atomic E-state index is 12.6. The van der Waals surface area contributed by atoms with Crippen LogP contribution in [0.2, 0.25) is 5.02 Å². The minimum Gasteiger partial charge on any atom is -0.492 e. The standard InChI is InChI=1S/C16H12ClF3N4O3S/c1-2-26-12-6-8(11-4-3-5-27-11)10(7-9(12)17)21-14(25)22-15-24-23-13(28-15)16(18,19)20/h3-7H,2H2,1H3,(H2,21,22,24,25). The Bertz CT molecular complexity index is 976. The van der Waals surface area contributed by atoms with Crippen molar-refractivity contribution < 1.29 is 27.1 Å². The molecule has 0 aliphatic heterocycles. The number of nitrogens with one attached hydrogen (secondary N) is 2. The van der Waals surface area contributed by atoms with Gasteiger partial charge in [-0.15, -0.1) is 10.2 Å². The van der Waals surface area contributed by atoms with E-state index in [0.717, 1.165) is 0 Å². The Morgan fingerprint density at radius 3 is 2.71 bits per heavy atom. The highest BCUT2D eigenvalue weighted by Gasteiger charge is 2.35. The number of hydrogen-bond acceptors (Lipinski definition) is 6. The average Bonchev–Trinajstić information content (AvgIpc) is 3.28. The largest absolute Gasteiger partial charge is 0.492 e. The number of carbonyl (C=O) groups is 1. The topological polar surface area (TPSA) is 89.3 Å². The average molecular weight is 433 g/mol. The van der Waals surface area contributed by atoms with E-state index in [4.69, 9.17) is 20.8 Å². The molecule has 7 nitrogen and oxygen atoms in total. The molecule has 148 valence electrons. The molecule has 12 heteroatoms. The summed E-state index contributed by atoms with van der Waals surface area (Å²) in [5.74, 6) is 0.823. The number of amides is 2. The summed E-state index contributed by atoms with van der Waals surface area (Å²) in [6.07, 6.45) is -3.18. The fourth-order valence-corrected chi connectivity index (χ4v) is 3.02. The van der Waals surface area contributed by atoms with Crippen LogP contribution in [0.15, 0.2) is 34.9 Å². The number of furan rings is 1. The molecule has 2 amide bonds. The van der Waals surface area contributed by atoms with Crippen LogP contribution in [-0.4, -0.2) is 22.8 Å². The van der Waals surface area contributed by atoms with E-state index in [0.29, 0.717) is 23.7 Å². The van der Waals surface area contributed by atoms with E-state index in [2.05, 4.69) is 20.8 Å². The summed E-state index contributed by atoms with van der Waals surface area (Å²) in [6.45, 7) is 2.17. The Labute approximate surface area is 165 Å². The highest BCUT2D eigenvalue weighted by atomic mass is 35.5. The molecular weight excluding hydrogens is 421 g/mol. The van der Waals surface area contributed by atoms with Crippen LogP contribution in [-0.2, 0) is 6.18 Å². The summed E-state index contributed by atoms with van der Waals surface area (Å²) >= 11 is 6.38. The molecule has 0 aliphatic carbocycles. The van der Waals surface area contributed by atoms with E-state index in [9.17, 15) is 18.0 Å². The third kappa shape index (κ3) is 4.54. The first kappa shape index (κ1) is 20.0. The number of benzene rings is 1. The number of ether oxygens (including phenoxy) is 1. The summed E-state index contributed by atoms with van der Waals surface area (Å²) < 4.78 is 48.5.